The van der Waals surface area contributed by atoms with Crippen LogP contribution in [0.3, 0.4) is 0 Å². The largest absolute Gasteiger partial charge is 0.508 e. The number of phenolic OH excluding ortho intramolecular Hbond substituents is 1. The van der Waals surface area contributed by atoms with E-state index >= 15 is 0 Å². The second kappa shape index (κ2) is 12.2. The highest BCUT2D eigenvalue weighted by molar-refractivity contribution is 5.95. The molecule has 2 N–H and O–H groups in total. The number of nitrogens with zero attached hydrogens (tertiary/aromatic N) is 6. The predicted molar refractivity (Wildman–Crippen MR) is 163 cm³/mol. The van der Waals surface area contributed by atoms with Crippen LogP contribution in [0, 0.1) is 0 Å². The average molecular weight is 558 g/mol. The van der Waals surface area contributed by atoms with Gasteiger partial charge >= 0.3 is 0 Å². The number of carbonyl (C=O) groups is 1. The fourth-order valence-corrected chi connectivity index (χ4v) is 4.92. The van der Waals surface area contributed by atoms with E-state index in [2.05, 4.69) is 27.2 Å². The molecule has 4 heterocycles. The second-order valence-corrected chi connectivity index (χ2v) is 10.3. The van der Waals surface area contributed by atoms with Gasteiger partial charge < -0.3 is 20.2 Å². The van der Waals surface area contributed by atoms with Crippen molar-refractivity contribution < 1.29 is 9.90 Å². The van der Waals surface area contributed by atoms with E-state index in [0.29, 0.717) is 35.1 Å². The third-order valence-corrected chi connectivity index (χ3v) is 7.27. The minimum Gasteiger partial charge on any atom is -0.508 e. The van der Waals surface area contributed by atoms with Gasteiger partial charge in [0.1, 0.15) is 17.3 Å². The number of likely N-dealkylation sites (N-methyl/N-ethyl adjacent to an activating group) is 1. The fourth-order valence-electron chi connectivity index (χ4n) is 4.92. The number of hydrogen-bond acceptors (Lipinski definition) is 8. The van der Waals surface area contributed by atoms with Crippen LogP contribution < -0.4 is 5.32 Å². The molecule has 0 saturated carbocycles. The third kappa shape index (κ3) is 6.26. The second-order valence-electron chi connectivity index (χ2n) is 10.3. The normalized spacial score (nSPS) is 13.6. The molecule has 0 atom stereocenters. The summed E-state index contributed by atoms with van der Waals surface area (Å²) in [5.41, 5.74) is 5.52. The van der Waals surface area contributed by atoms with Crippen LogP contribution >= 0.6 is 0 Å². The van der Waals surface area contributed by atoms with Gasteiger partial charge in [0.15, 0.2) is 5.82 Å². The summed E-state index contributed by atoms with van der Waals surface area (Å²) in [6, 6.07) is 24.3. The maximum Gasteiger partial charge on any atom is 0.253 e. The van der Waals surface area contributed by atoms with Crippen molar-refractivity contribution in [2.24, 2.45) is 0 Å². The van der Waals surface area contributed by atoms with E-state index in [0.717, 1.165) is 48.4 Å². The van der Waals surface area contributed by atoms with Gasteiger partial charge in [-0.25, -0.2) is 9.97 Å². The van der Waals surface area contributed by atoms with Gasteiger partial charge in [0.25, 0.3) is 5.91 Å². The van der Waals surface area contributed by atoms with Crippen LogP contribution in [0.15, 0.2) is 97.5 Å². The molecule has 210 valence electrons. The highest BCUT2D eigenvalue weighted by Gasteiger charge is 2.21. The molecule has 6 rings (SSSR count). The number of nitrogens with one attached hydrogen (secondary N) is 1. The minimum atomic E-state index is 0.0484. The van der Waals surface area contributed by atoms with E-state index in [1.807, 2.05) is 71.6 Å². The Morgan fingerprint density at radius 1 is 0.833 bits per heavy atom. The number of hydrogen-bond donors (Lipinski definition) is 2. The number of anilines is 1. The Hall–Kier alpha value is -5.15. The molecule has 1 saturated heterocycles. The summed E-state index contributed by atoms with van der Waals surface area (Å²) in [6.07, 6.45) is 5.28. The van der Waals surface area contributed by atoms with Gasteiger partial charge in [-0.05, 0) is 60.6 Å². The van der Waals surface area contributed by atoms with Crippen LogP contribution in [0.5, 0.6) is 5.75 Å². The molecule has 0 unspecified atom stereocenters. The Bertz CT molecular complexity index is 1700. The van der Waals surface area contributed by atoms with E-state index in [9.17, 15) is 9.90 Å². The quantitative estimate of drug-likeness (QED) is 0.289. The third-order valence-electron chi connectivity index (χ3n) is 7.27. The molecule has 0 radical (unpaired) electrons. The van der Waals surface area contributed by atoms with Gasteiger partial charge in [-0.15, -0.1) is 0 Å². The van der Waals surface area contributed by atoms with Crippen molar-refractivity contribution >= 4 is 11.7 Å². The number of phenols is 1. The Labute approximate surface area is 244 Å². The molecule has 1 aliphatic rings. The average Bonchev–Trinajstić information content (AvgIpc) is 3.04. The summed E-state index contributed by atoms with van der Waals surface area (Å²) in [5, 5.41) is 13.2. The Balaban J connectivity index is 1.31. The molecular weight excluding hydrogens is 526 g/mol. The zero-order valence-electron chi connectivity index (χ0n) is 23.3. The van der Waals surface area contributed by atoms with Gasteiger partial charge in [0.2, 0.25) is 0 Å². The molecule has 1 amide bonds. The summed E-state index contributed by atoms with van der Waals surface area (Å²) in [4.78, 5) is 35.9. The molecule has 2 aromatic carbocycles. The molecule has 0 aliphatic carbocycles. The Morgan fingerprint density at radius 3 is 2.48 bits per heavy atom. The Kier molecular flexibility index (Phi) is 7.83. The van der Waals surface area contributed by atoms with Crippen LogP contribution in [-0.2, 0) is 6.54 Å². The molecule has 42 heavy (non-hydrogen) atoms. The molecule has 5 aromatic rings. The Morgan fingerprint density at radius 2 is 1.67 bits per heavy atom. The molecular formula is C33H31N7O2. The smallest absolute Gasteiger partial charge is 0.253 e. The van der Waals surface area contributed by atoms with E-state index < -0.39 is 0 Å². The van der Waals surface area contributed by atoms with Crippen LogP contribution in [0.2, 0.25) is 0 Å². The summed E-state index contributed by atoms with van der Waals surface area (Å²) in [6.45, 7) is 3.68. The van der Waals surface area contributed by atoms with Gasteiger partial charge in [0, 0.05) is 74.1 Å². The van der Waals surface area contributed by atoms with Crippen molar-refractivity contribution in [3.63, 3.8) is 0 Å². The molecule has 1 aliphatic heterocycles. The summed E-state index contributed by atoms with van der Waals surface area (Å²) < 4.78 is 0. The van der Waals surface area contributed by atoms with Crippen molar-refractivity contribution in [3.05, 3.63) is 109 Å². The zero-order valence-corrected chi connectivity index (χ0v) is 23.3. The highest BCUT2D eigenvalue weighted by atomic mass is 16.3. The summed E-state index contributed by atoms with van der Waals surface area (Å²) >= 11 is 0. The number of carbonyl (C=O) groups excluding carboxylic acids is 1. The molecule has 0 spiro atoms. The van der Waals surface area contributed by atoms with Crippen molar-refractivity contribution in [2.75, 3.05) is 38.5 Å². The van der Waals surface area contributed by atoms with Gasteiger partial charge in [-0.1, -0.05) is 30.3 Å². The molecule has 9 heteroatoms. The number of pyridine rings is 2. The molecule has 0 bridgehead atoms. The van der Waals surface area contributed by atoms with Gasteiger partial charge in [0.05, 0.1) is 5.69 Å². The van der Waals surface area contributed by atoms with E-state index in [4.69, 9.17) is 9.97 Å². The standard InChI is InChI=1S/C33H31N7O2/c1-39-12-14-40(15-13-39)33(42)25-8-5-7-24(17-25)26-18-27(22-34-21-26)30-19-31(36-20-23-6-4-9-28(41)16-23)38-32(37-30)29-10-2-3-11-35-29/h2-11,16-19,21-22,41H,12-15,20H2,1H3,(H,36,37,38). The maximum atomic E-state index is 13.2. The first kappa shape index (κ1) is 27.0. The highest BCUT2D eigenvalue weighted by Crippen LogP contribution is 2.28. The van der Waals surface area contributed by atoms with Crippen molar-refractivity contribution in [3.8, 4) is 39.7 Å². The number of piperazine rings is 1. The molecule has 3 aromatic heterocycles. The lowest BCUT2D eigenvalue weighted by molar-refractivity contribution is 0.0664. The van der Waals surface area contributed by atoms with E-state index in [1.165, 1.54) is 0 Å². The lowest BCUT2D eigenvalue weighted by atomic mass is 10.0. The van der Waals surface area contributed by atoms with Crippen LogP contribution in [-0.4, -0.2) is 74.0 Å². The summed E-state index contributed by atoms with van der Waals surface area (Å²) in [7, 11) is 2.08. The van der Waals surface area contributed by atoms with Crippen molar-refractivity contribution in [1.82, 2.24) is 29.7 Å². The van der Waals surface area contributed by atoms with Crippen LogP contribution in [0.4, 0.5) is 5.82 Å². The van der Waals surface area contributed by atoms with Crippen LogP contribution in [0.1, 0.15) is 15.9 Å². The minimum absolute atomic E-state index is 0.0484. The summed E-state index contributed by atoms with van der Waals surface area (Å²) in [5.74, 6) is 1.36. The first-order valence-corrected chi connectivity index (χ1v) is 13.9. The topological polar surface area (TPSA) is 107 Å². The number of rotatable bonds is 7. The lowest BCUT2D eigenvalue weighted by Gasteiger charge is -2.32. The predicted octanol–water partition coefficient (Wildman–Crippen LogP) is 4.97. The number of aromatic nitrogens is 4. The lowest BCUT2D eigenvalue weighted by Crippen LogP contribution is -2.47. The first-order chi connectivity index (χ1) is 20.5. The molecule has 9 nitrogen and oxygen atoms in total. The maximum absolute atomic E-state index is 13.2. The first-order valence-electron chi connectivity index (χ1n) is 13.9. The van der Waals surface area contributed by atoms with E-state index in [1.54, 1.807) is 30.7 Å². The van der Waals surface area contributed by atoms with Crippen LogP contribution in [0.25, 0.3) is 33.9 Å². The zero-order chi connectivity index (χ0) is 28.9. The van der Waals surface area contributed by atoms with E-state index in [-0.39, 0.29) is 11.7 Å². The molecule has 1 fully saturated rings. The van der Waals surface area contributed by atoms with Crippen molar-refractivity contribution in [2.45, 2.75) is 6.54 Å². The van der Waals surface area contributed by atoms with Gasteiger partial charge in [-0.2, -0.15) is 0 Å². The monoisotopic (exact) mass is 557 g/mol. The number of benzene rings is 2. The SMILES string of the molecule is CN1CCN(C(=O)c2cccc(-c3cncc(-c4cc(NCc5cccc(O)c5)nc(-c5ccccn5)n4)c3)c2)CC1. The number of aromatic hydroxyl groups is 1. The van der Waals surface area contributed by atoms with Gasteiger partial charge in [-0.3, -0.25) is 14.8 Å². The van der Waals surface area contributed by atoms with Crippen molar-refractivity contribution in [1.29, 1.82) is 0 Å². The number of amides is 1. The fraction of sp³-hybridized carbons (Fsp3) is 0.182.